The molecule has 0 fully saturated rings. The van der Waals surface area contributed by atoms with E-state index >= 15 is 0 Å². The fourth-order valence-electron chi connectivity index (χ4n) is 3.57. The van der Waals surface area contributed by atoms with Crippen molar-refractivity contribution in [1.29, 1.82) is 0 Å². The number of carbonyl (C=O) groups excluding carboxylic acids is 2. The second-order valence-electron chi connectivity index (χ2n) is 8.88. The molecule has 35 heavy (non-hydrogen) atoms. The SMILES string of the molecule is CCC(C)NC(=O)C(C)N(Cc1ccccc1Cl)C(=O)CCCN(c1ccc(C)cc1)S(C)(=O)=O. The molecular weight excluding hydrogens is 486 g/mol. The maximum atomic E-state index is 13.3. The Morgan fingerprint density at radius 1 is 1.06 bits per heavy atom. The zero-order valence-corrected chi connectivity index (χ0v) is 22.7. The van der Waals surface area contributed by atoms with Gasteiger partial charge in [0, 0.05) is 30.6 Å². The summed E-state index contributed by atoms with van der Waals surface area (Å²) in [5.74, 6) is -0.480. The van der Waals surface area contributed by atoms with Crippen molar-refractivity contribution in [1.82, 2.24) is 10.2 Å². The van der Waals surface area contributed by atoms with Gasteiger partial charge in [-0.2, -0.15) is 0 Å². The van der Waals surface area contributed by atoms with Crippen molar-refractivity contribution in [2.45, 2.75) is 65.6 Å². The molecule has 9 heteroatoms. The van der Waals surface area contributed by atoms with Crippen LogP contribution in [-0.4, -0.2) is 50.0 Å². The number of nitrogens with zero attached hydrogens (tertiary/aromatic N) is 2. The van der Waals surface area contributed by atoms with Gasteiger partial charge in [0.05, 0.1) is 11.9 Å². The smallest absolute Gasteiger partial charge is 0.242 e. The maximum Gasteiger partial charge on any atom is 0.242 e. The molecule has 0 heterocycles. The Kier molecular flexibility index (Phi) is 10.6. The summed E-state index contributed by atoms with van der Waals surface area (Å²) in [4.78, 5) is 27.7. The Morgan fingerprint density at radius 2 is 1.69 bits per heavy atom. The average molecular weight is 522 g/mol. The molecule has 192 valence electrons. The van der Waals surface area contributed by atoms with Gasteiger partial charge in [0.2, 0.25) is 21.8 Å². The maximum absolute atomic E-state index is 13.3. The van der Waals surface area contributed by atoms with E-state index in [1.54, 1.807) is 25.1 Å². The van der Waals surface area contributed by atoms with Gasteiger partial charge in [-0.1, -0.05) is 54.4 Å². The van der Waals surface area contributed by atoms with Crippen LogP contribution in [0.1, 0.15) is 51.2 Å². The molecule has 0 aromatic heterocycles. The van der Waals surface area contributed by atoms with Gasteiger partial charge in [-0.3, -0.25) is 13.9 Å². The highest BCUT2D eigenvalue weighted by Gasteiger charge is 2.27. The van der Waals surface area contributed by atoms with Crippen LogP contribution in [0.25, 0.3) is 0 Å². The molecule has 0 aliphatic carbocycles. The first-order valence-electron chi connectivity index (χ1n) is 11.8. The number of carbonyl (C=O) groups is 2. The molecule has 0 bridgehead atoms. The first-order chi connectivity index (χ1) is 16.4. The molecule has 0 saturated carbocycles. The van der Waals surface area contributed by atoms with E-state index in [0.717, 1.165) is 23.8 Å². The molecule has 2 amide bonds. The lowest BCUT2D eigenvalue weighted by atomic mass is 10.1. The van der Waals surface area contributed by atoms with Gasteiger partial charge in [0.25, 0.3) is 0 Å². The number of rotatable bonds is 12. The van der Waals surface area contributed by atoms with Crippen molar-refractivity contribution in [2.75, 3.05) is 17.1 Å². The third kappa shape index (κ3) is 8.54. The van der Waals surface area contributed by atoms with E-state index in [1.807, 2.05) is 51.1 Å². The number of nitrogens with one attached hydrogen (secondary N) is 1. The lowest BCUT2D eigenvalue weighted by Crippen LogP contribution is -2.49. The fourth-order valence-corrected chi connectivity index (χ4v) is 4.73. The minimum Gasteiger partial charge on any atom is -0.352 e. The Hall–Kier alpha value is -2.58. The van der Waals surface area contributed by atoms with E-state index in [2.05, 4.69) is 5.32 Å². The van der Waals surface area contributed by atoms with Gasteiger partial charge in [0.15, 0.2) is 0 Å². The van der Waals surface area contributed by atoms with Crippen LogP contribution in [0.2, 0.25) is 5.02 Å². The Balaban J connectivity index is 2.18. The van der Waals surface area contributed by atoms with Crippen LogP contribution in [0.4, 0.5) is 5.69 Å². The van der Waals surface area contributed by atoms with Crippen LogP contribution >= 0.6 is 11.6 Å². The molecule has 0 saturated heterocycles. The first kappa shape index (κ1) is 28.7. The van der Waals surface area contributed by atoms with Crippen LogP contribution in [0.5, 0.6) is 0 Å². The fraction of sp³-hybridized carbons (Fsp3) is 0.462. The summed E-state index contributed by atoms with van der Waals surface area (Å²) >= 11 is 6.33. The van der Waals surface area contributed by atoms with E-state index in [4.69, 9.17) is 11.6 Å². The predicted molar refractivity (Wildman–Crippen MR) is 142 cm³/mol. The van der Waals surface area contributed by atoms with Gasteiger partial charge in [0.1, 0.15) is 6.04 Å². The van der Waals surface area contributed by atoms with Crippen LogP contribution in [0.15, 0.2) is 48.5 Å². The van der Waals surface area contributed by atoms with Crippen molar-refractivity contribution in [3.05, 3.63) is 64.7 Å². The number of amides is 2. The second kappa shape index (κ2) is 12.9. The molecule has 0 spiro atoms. The number of aryl methyl sites for hydroxylation is 1. The second-order valence-corrected chi connectivity index (χ2v) is 11.2. The van der Waals surface area contributed by atoms with Crippen molar-refractivity contribution in [3.8, 4) is 0 Å². The molecule has 0 aliphatic rings. The third-order valence-electron chi connectivity index (χ3n) is 5.94. The van der Waals surface area contributed by atoms with E-state index < -0.39 is 16.1 Å². The minimum absolute atomic E-state index is 0.0138. The van der Waals surface area contributed by atoms with Crippen molar-refractivity contribution in [3.63, 3.8) is 0 Å². The van der Waals surface area contributed by atoms with Gasteiger partial charge in [-0.25, -0.2) is 8.42 Å². The standard InChI is InChI=1S/C26H36ClN3O4S/c1-6-20(3)28-26(32)21(4)29(18-22-10-7-8-11-24(22)27)25(31)12-9-17-30(35(5,33)34)23-15-13-19(2)14-16-23/h7-8,10-11,13-16,20-21H,6,9,12,17-18H2,1-5H3,(H,28,32). The molecule has 1 N–H and O–H groups in total. The lowest BCUT2D eigenvalue weighted by molar-refractivity contribution is -0.140. The molecule has 2 aromatic rings. The number of hydrogen-bond donors (Lipinski definition) is 1. The van der Waals surface area contributed by atoms with Crippen molar-refractivity contribution in [2.24, 2.45) is 0 Å². The number of sulfonamides is 1. The summed E-state index contributed by atoms with van der Waals surface area (Å²) in [7, 11) is -3.52. The quantitative estimate of drug-likeness (QED) is 0.444. The molecule has 0 radical (unpaired) electrons. The summed E-state index contributed by atoms with van der Waals surface area (Å²) in [6, 6.07) is 13.7. The minimum atomic E-state index is -3.52. The van der Waals surface area contributed by atoms with E-state index in [9.17, 15) is 18.0 Å². The van der Waals surface area contributed by atoms with Crippen LogP contribution in [0.3, 0.4) is 0 Å². The average Bonchev–Trinajstić information content (AvgIpc) is 2.80. The van der Waals surface area contributed by atoms with Crippen LogP contribution in [-0.2, 0) is 26.2 Å². The number of hydrogen-bond acceptors (Lipinski definition) is 4. The summed E-state index contributed by atoms with van der Waals surface area (Å²) < 4.78 is 26.1. The van der Waals surface area contributed by atoms with Gasteiger partial charge in [-0.05, 0) is 57.4 Å². The molecule has 2 atom stereocenters. The number of benzene rings is 2. The topological polar surface area (TPSA) is 86.8 Å². The third-order valence-corrected chi connectivity index (χ3v) is 7.50. The van der Waals surface area contributed by atoms with Gasteiger partial charge >= 0.3 is 0 Å². The van der Waals surface area contributed by atoms with Gasteiger partial charge < -0.3 is 10.2 Å². The molecule has 2 rings (SSSR count). The van der Waals surface area contributed by atoms with Crippen molar-refractivity contribution >= 4 is 39.1 Å². The highest BCUT2D eigenvalue weighted by atomic mass is 35.5. The molecule has 2 aromatic carbocycles. The van der Waals surface area contributed by atoms with Gasteiger partial charge in [-0.15, -0.1) is 0 Å². The zero-order valence-electron chi connectivity index (χ0n) is 21.1. The molecule has 2 unspecified atom stereocenters. The summed E-state index contributed by atoms with van der Waals surface area (Å²) in [6.07, 6.45) is 2.32. The summed E-state index contributed by atoms with van der Waals surface area (Å²) in [5, 5.41) is 3.45. The molecule has 7 nitrogen and oxygen atoms in total. The zero-order chi connectivity index (χ0) is 26.2. The predicted octanol–water partition coefficient (Wildman–Crippen LogP) is 4.53. The number of anilines is 1. The van der Waals surface area contributed by atoms with E-state index in [1.165, 1.54) is 9.21 Å². The van der Waals surface area contributed by atoms with E-state index in [0.29, 0.717) is 17.1 Å². The normalized spacial score (nSPS) is 13.1. The highest BCUT2D eigenvalue weighted by molar-refractivity contribution is 7.92. The molecular formula is C26H36ClN3O4S. The summed E-state index contributed by atoms with van der Waals surface area (Å²) in [6.45, 7) is 7.85. The molecule has 0 aliphatic heterocycles. The largest absolute Gasteiger partial charge is 0.352 e. The Labute approximate surface area is 214 Å². The van der Waals surface area contributed by atoms with Crippen molar-refractivity contribution < 1.29 is 18.0 Å². The Bertz CT molecular complexity index is 1110. The first-order valence-corrected chi connectivity index (χ1v) is 14.0. The highest BCUT2D eigenvalue weighted by Crippen LogP contribution is 2.21. The van der Waals surface area contributed by atoms with Crippen LogP contribution in [0, 0.1) is 6.92 Å². The van der Waals surface area contributed by atoms with E-state index in [-0.39, 0.29) is 37.4 Å². The lowest BCUT2D eigenvalue weighted by Gasteiger charge is -2.30. The van der Waals surface area contributed by atoms with Crippen LogP contribution < -0.4 is 9.62 Å². The Morgan fingerprint density at radius 3 is 2.26 bits per heavy atom. The monoisotopic (exact) mass is 521 g/mol. The summed E-state index contributed by atoms with van der Waals surface area (Å²) in [5.41, 5.74) is 2.32. The number of halogens is 1.